The summed E-state index contributed by atoms with van der Waals surface area (Å²) in [7, 11) is 0. The molecular formula is C13H14Br2N2OS. The molecular weight excluding hydrogens is 392 g/mol. The minimum absolute atomic E-state index is 0.0962. The zero-order valence-electron chi connectivity index (χ0n) is 10.3. The molecule has 0 aliphatic carbocycles. The molecule has 0 amide bonds. The molecule has 102 valence electrons. The van der Waals surface area contributed by atoms with Crippen LogP contribution in [0.15, 0.2) is 32.1 Å². The summed E-state index contributed by atoms with van der Waals surface area (Å²) < 4.78 is 7.51. The molecule has 2 heterocycles. The van der Waals surface area contributed by atoms with Crippen LogP contribution in [0.1, 0.15) is 12.8 Å². The molecule has 1 fully saturated rings. The third-order valence-electron chi connectivity index (χ3n) is 3.43. The van der Waals surface area contributed by atoms with Crippen molar-refractivity contribution in [2.24, 2.45) is 4.99 Å². The number of nitrogens with zero attached hydrogens (tertiary/aromatic N) is 1. The third kappa shape index (κ3) is 3.01. The maximum atomic E-state index is 5.43. The quantitative estimate of drug-likeness (QED) is 0.757. The number of amidine groups is 1. The van der Waals surface area contributed by atoms with Crippen molar-refractivity contribution >= 4 is 54.5 Å². The first-order chi connectivity index (χ1) is 9.19. The van der Waals surface area contributed by atoms with E-state index in [1.807, 2.05) is 18.2 Å². The molecule has 1 spiro atoms. The van der Waals surface area contributed by atoms with Gasteiger partial charge in [0, 0.05) is 27.9 Å². The minimum Gasteiger partial charge on any atom is -0.381 e. The standard InChI is InChI=1S/C13H14Br2N2OS/c14-9-2-1-3-10(15)11(9)16-12-17-13(8-19-12)4-6-18-7-5-13/h1-3H,4-8H2,(H,16,17). The number of aliphatic imine (C=N–C) groups is 1. The average Bonchev–Trinajstić information content (AvgIpc) is 2.78. The highest BCUT2D eigenvalue weighted by Crippen LogP contribution is 2.38. The molecule has 1 saturated heterocycles. The molecule has 3 rings (SSSR count). The number of ether oxygens (including phenoxy) is 1. The second kappa shape index (κ2) is 5.76. The molecule has 6 heteroatoms. The predicted octanol–water partition coefficient (Wildman–Crippen LogP) is 4.28. The highest BCUT2D eigenvalue weighted by atomic mass is 79.9. The lowest BCUT2D eigenvalue weighted by molar-refractivity contribution is 0.0624. The minimum atomic E-state index is 0.0962. The molecule has 2 aliphatic heterocycles. The van der Waals surface area contributed by atoms with E-state index in [9.17, 15) is 0 Å². The van der Waals surface area contributed by atoms with Crippen LogP contribution in [0.5, 0.6) is 0 Å². The van der Waals surface area contributed by atoms with E-state index in [4.69, 9.17) is 9.73 Å². The summed E-state index contributed by atoms with van der Waals surface area (Å²) >= 11 is 8.93. The molecule has 2 aliphatic rings. The lowest BCUT2D eigenvalue weighted by Crippen LogP contribution is -2.34. The molecule has 0 radical (unpaired) electrons. The Hall–Kier alpha value is -0.0400. The first-order valence-corrected chi connectivity index (χ1v) is 8.77. The first-order valence-electron chi connectivity index (χ1n) is 6.20. The highest BCUT2D eigenvalue weighted by molar-refractivity contribution is 9.11. The maximum absolute atomic E-state index is 5.43. The van der Waals surface area contributed by atoms with E-state index in [1.54, 1.807) is 11.8 Å². The molecule has 0 bridgehead atoms. The topological polar surface area (TPSA) is 33.6 Å². The summed E-state index contributed by atoms with van der Waals surface area (Å²) in [6.45, 7) is 1.66. The van der Waals surface area contributed by atoms with Crippen LogP contribution in [0.25, 0.3) is 0 Å². The molecule has 19 heavy (non-hydrogen) atoms. The average molecular weight is 406 g/mol. The van der Waals surface area contributed by atoms with Gasteiger partial charge in [-0.05, 0) is 56.8 Å². The summed E-state index contributed by atoms with van der Waals surface area (Å²) in [6, 6.07) is 6.05. The van der Waals surface area contributed by atoms with Crippen LogP contribution < -0.4 is 5.32 Å². The van der Waals surface area contributed by atoms with Crippen LogP contribution in [0.2, 0.25) is 0 Å². The Morgan fingerprint density at radius 1 is 1.21 bits per heavy atom. The Kier molecular flexibility index (Phi) is 4.22. The van der Waals surface area contributed by atoms with Crippen LogP contribution in [0, 0.1) is 0 Å². The van der Waals surface area contributed by atoms with Gasteiger partial charge in [-0.2, -0.15) is 0 Å². The van der Waals surface area contributed by atoms with E-state index in [0.717, 1.165) is 51.6 Å². The van der Waals surface area contributed by atoms with E-state index < -0.39 is 0 Å². The van der Waals surface area contributed by atoms with Gasteiger partial charge in [0.15, 0.2) is 5.17 Å². The smallest absolute Gasteiger partial charge is 0.161 e. The summed E-state index contributed by atoms with van der Waals surface area (Å²) in [5.74, 6) is 1.06. The number of halogens is 2. The lowest BCUT2D eigenvalue weighted by atomic mass is 9.93. The first kappa shape index (κ1) is 13.9. The van der Waals surface area contributed by atoms with Crippen LogP contribution in [-0.2, 0) is 4.74 Å². The number of hydrogen-bond donors (Lipinski definition) is 1. The Morgan fingerprint density at radius 2 is 1.89 bits per heavy atom. The zero-order valence-corrected chi connectivity index (χ0v) is 14.3. The number of rotatable bonds is 1. The fourth-order valence-electron chi connectivity index (χ4n) is 2.28. The predicted molar refractivity (Wildman–Crippen MR) is 88.1 cm³/mol. The fourth-order valence-corrected chi connectivity index (χ4v) is 4.67. The number of nitrogens with one attached hydrogen (secondary N) is 1. The summed E-state index contributed by atoms with van der Waals surface area (Å²) in [5, 5.41) is 4.44. The largest absolute Gasteiger partial charge is 0.381 e. The van der Waals surface area contributed by atoms with Crippen molar-refractivity contribution in [2.75, 3.05) is 24.3 Å². The van der Waals surface area contributed by atoms with E-state index in [1.165, 1.54) is 0 Å². The SMILES string of the molecule is Brc1cccc(Br)c1NC1=NC2(CCOCC2)CS1. The van der Waals surface area contributed by atoms with Gasteiger partial charge in [0.2, 0.25) is 0 Å². The highest BCUT2D eigenvalue weighted by Gasteiger charge is 2.37. The van der Waals surface area contributed by atoms with Gasteiger partial charge in [-0.1, -0.05) is 17.8 Å². The van der Waals surface area contributed by atoms with E-state index in [-0.39, 0.29) is 5.54 Å². The van der Waals surface area contributed by atoms with Crippen molar-refractivity contribution in [3.05, 3.63) is 27.1 Å². The van der Waals surface area contributed by atoms with Gasteiger partial charge in [0.25, 0.3) is 0 Å². The molecule has 0 aromatic heterocycles. The number of para-hydroxylation sites is 1. The molecule has 1 N–H and O–H groups in total. The fraction of sp³-hybridized carbons (Fsp3) is 0.462. The summed E-state index contributed by atoms with van der Waals surface area (Å²) in [4.78, 5) is 4.90. The summed E-state index contributed by atoms with van der Waals surface area (Å²) in [6.07, 6.45) is 2.06. The molecule has 3 nitrogen and oxygen atoms in total. The Morgan fingerprint density at radius 3 is 2.58 bits per heavy atom. The van der Waals surface area contributed by atoms with Crippen molar-refractivity contribution < 1.29 is 4.74 Å². The van der Waals surface area contributed by atoms with Crippen molar-refractivity contribution in [1.82, 2.24) is 0 Å². The lowest BCUT2D eigenvalue weighted by Gasteiger charge is -2.29. The maximum Gasteiger partial charge on any atom is 0.161 e. The van der Waals surface area contributed by atoms with Crippen molar-refractivity contribution in [3.63, 3.8) is 0 Å². The van der Waals surface area contributed by atoms with E-state index in [2.05, 4.69) is 37.2 Å². The van der Waals surface area contributed by atoms with Crippen LogP contribution >= 0.6 is 43.6 Å². The Bertz CT molecular complexity index is 495. The summed E-state index contributed by atoms with van der Waals surface area (Å²) in [5.41, 5.74) is 1.14. The third-order valence-corrected chi connectivity index (χ3v) is 5.90. The van der Waals surface area contributed by atoms with Gasteiger partial charge in [-0.25, -0.2) is 0 Å². The molecule has 1 aromatic rings. The van der Waals surface area contributed by atoms with Gasteiger partial charge in [0.1, 0.15) is 0 Å². The molecule has 0 unspecified atom stereocenters. The van der Waals surface area contributed by atoms with E-state index >= 15 is 0 Å². The number of thioether (sulfide) groups is 1. The number of hydrogen-bond acceptors (Lipinski definition) is 4. The second-order valence-electron chi connectivity index (χ2n) is 4.76. The van der Waals surface area contributed by atoms with Gasteiger partial charge < -0.3 is 10.1 Å². The van der Waals surface area contributed by atoms with Crippen molar-refractivity contribution in [3.8, 4) is 0 Å². The number of benzene rings is 1. The molecule has 0 saturated carbocycles. The molecule has 1 aromatic carbocycles. The monoisotopic (exact) mass is 404 g/mol. The van der Waals surface area contributed by atoms with Crippen LogP contribution in [0.3, 0.4) is 0 Å². The number of anilines is 1. The molecule has 0 atom stereocenters. The van der Waals surface area contributed by atoms with Crippen LogP contribution in [-0.4, -0.2) is 29.7 Å². The normalized spacial score (nSPS) is 21.5. The van der Waals surface area contributed by atoms with Gasteiger partial charge >= 0.3 is 0 Å². The Balaban J connectivity index is 1.79. The van der Waals surface area contributed by atoms with Gasteiger partial charge in [0.05, 0.1) is 11.2 Å². The van der Waals surface area contributed by atoms with Crippen molar-refractivity contribution in [1.29, 1.82) is 0 Å². The van der Waals surface area contributed by atoms with Gasteiger partial charge in [-0.3, -0.25) is 4.99 Å². The Labute approximate surface area is 133 Å². The van der Waals surface area contributed by atoms with E-state index in [0.29, 0.717) is 0 Å². The second-order valence-corrected chi connectivity index (χ2v) is 7.44. The van der Waals surface area contributed by atoms with Crippen LogP contribution in [0.4, 0.5) is 5.69 Å². The zero-order chi connectivity index (χ0) is 13.3. The van der Waals surface area contributed by atoms with Gasteiger partial charge in [-0.15, -0.1) is 0 Å². The van der Waals surface area contributed by atoms with Crippen molar-refractivity contribution in [2.45, 2.75) is 18.4 Å².